The summed E-state index contributed by atoms with van der Waals surface area (Å²) in [5.41, 5.74) is 0.879. The van der Waals surface area contributed by atoms with Gasteiger partial charge in [0, 0.05) is 12.5 Å². The Morgan fingerprint density at radius 3 is 2.79 bits per heavy atom. The van der Waals surface area contributed by atoms with E-state index in [0.29, 0.717) is 25.2 Å². The van der Waals surface area contributed by atoms with E-state index in [1.54, 1.807) is 12.1 Å². The van der Waals surface area contributed by atoms with E-state index in [4.69, 9.17) is 9.47 Å². The van der Waals surface area contributed by atoms with Gasteiger partial charge < -0.3 is 14.3 Å². The molecule has 0 N–H and O–H groups in total. The lowest BCUT2D eigenvalue weighted by molar-refractivity contribution is -0.144. The van der Waals surface area contributed by atoms with E-state index in [-0.39, 0.29) is 29.2 Å². The number of hydrogen-bond acceptors (Lipinski definition) is 6. The molecule has 0 radical (unpaired) electrons. The number of carbonyl (C=O) groups excluding carboxylic acids is 2. The van der Waals surface area contributed by atoms with Crippen LogP contribution in [0.4, 0.5) is 0 Å². The number of aldehydes is 1. The Labute approximate surface area is 166 Å². The number of aryl methyl sites for hydroxylation is 1. The van der Waals surface area contributed by atoms with Gasteiger partial charge in [-0.2, -0.15) is 4.31 Å². The molecule has 2 aliphatic rings. The van der Waals surface area contributed by atoms with Crippen molar-refractivity contribution in [3.8, 4) is 5.75 Å². The molecular formula is C20H27NO6S. The first-order valence-corrected chi connectivity index (χ1v) is 11.0. The minimum absolute atomic E-state index is 0.0588. The molecular weight excluding hydrogens is 382 g/mol. The van der Waals surface area contributed by atoms with E-state index in [0.717, 1.165) is 18.3 Å². The van der Waals surface area contributed by atoms with Crippen molar-refractivity contribution in [2.75, 3.05) is 13.7 Å². The van der Waals surface area contributed by atoms with E-state index in [9.17, 15) is 18.0 Å². The Kier molecular flexibility index (Phi) is 6.09. The molecule has 0 aromatic heterocycles. The molecule has 1 saturated carbocycles. The smallest absolute Gasteiger partial charge is 0.324 e. The zero-order valence-electron chi connectivity index (χ0n) is 16.5. The highest BCUT2D eigenvalue weighted by molar-refractivity contribution is 7.89. The number of nitrogens with zero attached hydrogens (tertiary/aromatic N) is 1. The fourth-order valence-corrected chi connectivity index (χ4v) is 5.60. The summed E-state index contributed by atoms with van der Waals surface area (Å²) in [4.78, 5) is 22.9. The van der Waals surface area contributed by atoms with Crippen molar-refractivity contribution in [1.29, 1.82) is 0 Å². The number of rotatable bonds is 8. The van der Waals surface area contributed by atoms with Crippen molar-refractivity contribution in [3.05, 3.63) is 23.8 Å². The molecule has 28 heavy (non-hydrogen) atoms. The molecule has 1 aromatic rings. The highest BCUT2D eigenvalue weighted by atomic mass is 32.2. The molecule has 1 aliphatic carbocycles. The van der Waals surface area contributed by atoms with Crippen molar-refractivity contribution in [2.24, 2.45) is 11.8 Å². The predicted molar refractivity (Wildman–Crippen MR) is 102 cm³/mol. The second kappa shape index (κ2) is 8.21. The minimum Gasteiger partial charge on any atom is -0.489 e. The van der Waals surface area contributed by atoms with Gasteiger partial charge in [-0.1, -0.05) is 6.07 Å². The fourth-order valence-electron chi connectivity index (χ4n) is 3.85. The summed E-state index contributed by atoms with van der Waals surface area (Å²) in [6.07, 6.45) is 3.36. The monoisotopic (exact) mass is 409 g/mol. The number of sulfonamides is 1. The summed E-state index contributed by atoms with van der Waals surface area (Å²) < 4.78 is 38.6. The molecule has 1 aliphatic heterocycles. The largest absolute Gasteiger partial charge is 0.489 e. The Balaban J connectivity index is 1.84. The van der Waals surface area contributed by atoms with E-state index >= 15 is 0 Å². The van der Waals surface area contributed by atoms with Crippen LogP contribution < -0.4 is 4.74 Å². The van der Waals surface area contributed by atoms with Gasteiger partial charge in [-0.25, -0.2) is 8.42 Å². The van der Waals surface area contributed by atoms with Crippen LogP contribution in [-0.4, -0.2) is 50.8 Å². The van der Waals surface area contributed by atoms with Crippen LogP contribution in [0, 0.1) is 18.8 Å². The van der Waals surface area contributed by atoms with E-state index < -0.39 is 22.0 Å². The maximum atomic E-state index is 13.3. The second-order valence-electron chi connectivity index (χ2n) is 7.71. The Bertz CT molecular complexity index is 852. The van der Waals surface area contributed by atoms with Gasteiger partial charge in [0.2, 0.25) is 10.0 Å². The van der Waals surface area contributed by atoms with Crippen LogP contribution in [0.5, 0.6) is 5.75 Å². The molecule has 0 amide bonds. The SMILES string of the molecule is COC(=O)[C@@H]1CCCN1S(=O)(=O)c1ccc(C)cc1O[C@H](C)C[C@@H]1C[C@H]1C=O. The van der Waals surface area contributed by atoms with Gasteiger partial charge in [0.25, 0.3) is 0 Å². The first-order chi connectivity index (χ1) is 13.3. The first-order valence-electron chi connectivity index (χ1n) is 9.60. The van der Waals surface area contributed by atoms with E-state index in [1.807, 2.05) is 13.8 Å². The molecule has 2 fully saturated rings. The lowest BCUT2D eigenvalue weighted by Crippen LogP contribution is -2.41. The molecule has 1 saturated heterocycles. The maximum absolute atomic E-state index is 13.3. The number of ether oxygens (including phenoxy) is 2. The molecule has 8 heteroatoms. The average molecular weight is 410 g/mol. The molecule has 4 atom stereocenters. The van der Waals surface area contributed by atoms with Crippen LogP contribution in [0.15, 0.2) is 23.1 Å². The Morgan fingerprint density at radius 2 is 2.14 bits per heavy atom. The number of carbonyl (C=O) groups is 2. The molecule has 1 heterocycles. The van der Waals surface area contributed by atoms with E-state index in [2.05, 4.69) is 0 Å². The third-order valence-electron chi connectivity index (χ3n) is 5.48. The van der Waals surface area contributed by atoms with Crippen LogP contribution in [0.25, 0.3) is 0 Å². The summed E-state index contributed by atoms with van der Waals surface area (Å²) >= 11 is 0. The average Bonchev–Trinajstić information content (AvgIpc) is 3.19. The van der Waals surface area contributed by atoms with Crippen molar-refractivity contribution in [2.45, 2.75) is 56.6 Å². The molecule has 154 valence electrons. The topological polar surface area (TPSA) is 90.0 Å². The Morgan fingerprint density at radius 1 is 1.39 bits per heavy atom. The standard InChI is InChI=1S/C20H27NO6S/c1-13-6-7-19(18(9-13)27-14(2)10-15-11-16(15)12-22)28(24,25)21-8-4-5-17(21)20(23)26-3/h6-7,9,12,14-17H,4-5,8,10-11H2,1-3H3/t14-,15-,16+,17+/m1/s1. The number of methoxy groups -OCH3 is 1. The summed E-state index contributed by atoms with van der Waals surface area (Å²) in [5, 5.41) is 0. The third-order valence-corrected chi connectivity index (χ3v) is 7.43. The van der Waals surface area contributed by atoms with Gasteiger partial charge >= 0.3 is 5.97 Å². The lowest BCUT2D eigenvalue weighted by Gasteiger charge is -2.24. The Hall–Kier alpha value is -1.93. The molecule has 0 unspecified atom stereocenters. The zero-order valence-corrected chi connectivity index (χ0v) is 17.3. The quantitative estimate of drug-likeness (QED) is 0.483. The van der Waals surface area contributed by atoms with Crippen LogP contribution in [0.3, 0.4) is 0 Å². The van der Waals surface area contributed by atoms with Gasteiger partial charge in [0.05, 0.1) is 13.2 Å². The minimum atomic E-state index is -3.91. The zero-order chi connectivity index (χ0) is 20.5. The molecule has 7 nitrogen and oxygen atoms in total. The van der Waals surface area contributed by atoms with Gasteiger partial charge in [0.1, 0.15) is 23.0 Å². The molecule has 1 aromatic carbocycles. The fraction of sp³-hybridized carbons (Fsp3) is 0.600. The number of benzene rings is 1. The number of esters is 1. The summed E-state index contributed by atoms with van der Waals surface area (Å²) in [5.74, 6) is 0.140. The van der Waals surface area contributed by atoms with Crippen molar-refractivity contribution < 1.29 is 27.5 Å². The van der Waals surface area contributed by atoms with Crippen LogP contribution >= 0.6 is 0 Å². The third kappa shape index (κ3) is 4.22. The normalized spacial score (nSPS) is 25.9. The van der Waals surface area contributed by atoms with Crippen molar-refractivity contribution >= 4 is 22.3 Å². The second-order valence-corrected chi connectivity index (χ2v) is 9.57. The van der Waals surface area contributed by atoms with Gasteiger partial charge in [-0.15, -0.1) is 0 Å². The van der Waals surface area contributed by atoms with Crippen molar-refractivity contribution in [3.63, 3.8) is 0 Å². The van der Waals surface area contributed by atoms with Gasteiger partial charge in [0.15, 0.2) is 0 Å². The van der Waals surface area contributed by atoms with Crippen LogP contribution in [0.2, 0.25) is 0 Å². The van der Waals surface area contributed by atoms with Crippen molar-refractivity contribution in [1.82, 2.24) is 4.31 Å². The maximum Gasteiger partial charge on any atom is 0.324 e. The predicted octanol–water partition coefficient (Wildman–Crippen LogP) is 2.31. The van der Waals surface area contributed by atoms with Gasteiger partial charge in [-0.05, 0) is 63.1 Å². The summed E-state index contributed by atoms with van der Waals surface area (Å²) in [6, 6.07) is 4.15. The highest BCUT2D eigenvalue weighted by Crippen LogP contribution is 2.41. The van der Waals surface area contributed by atoms with E-state index in [1.165, 1.54) is 17.5 Å². The molecule has 0 bridgehead atoms. The molecule has 3 rings (SSSR count). The van der Waals surface area contributed by atoms with Crippen LogP contribution in [-0.2, 0) is 24.3 Å². The first kappa shape index (κ1) is 20.8. The lowest BCUT2D eigenvalue weighted by atomic mass is 10.1. The van der Waals surface area contributed by atoms with Gasteiger partial charge in [-0.3, -0.25) is 4.79 Å². The molecule has 0 spiro atoms. The van der Waals surface area contributed by atoms with Crippen LogP contribution in [0.1, 0.15) is 38.2 Å². The summed E-state index contributed by atoms with van der Waals surface area (Å²) in [6.45, 7) is 4.02. The summed E-state index contributed by atoms with van der Waals surface area (Å²) in [7, 11) is -2.65. The number of hydrogen-bond donors (Lipinski definition) is 0. The highest BCUT2D eigenvalue weighted by Gasteiger charge is 2.42.